The number of aliphatic carboxylic acids is 1. The van der Waals surface area contributed by atoms with Crippen LogP contribution in [0, 0.1) is 6.92 Å². The molecule has 1 saturated heterocycles. The summed E-state index contributed by atoms with van der Waals surface area (Å²) in [5.41, 5.74) is 2.28. The highest BCUT2D eigenvalue weighted by molar-refractivity contribution is 5.66. The van der Waals surface area contributed by atoms with Crippen LogP contribution < -0.4 is 0 Å². The Morgan fingerprint density at radius 3 is 2.75 bits per heavy atom. The van der Waals surface area contributed by atoms with Crippen molar-refractivity contribution in [2.75, 3.05) is 19.7 Å². The zero-order valence-electron chi connectivity index (χ0n) is 12.2. The number of aryl methyl sites for hydroxylation is 2. The lowest BCUT2D eigenvalue weighted by Gasteiger charge is -2.31. The molecule has 1 aliphatic heterocycles. The lowest BCUT2D eigenvalue weighted by molar-refractivity contribution is -0.138. The van der Waals surface area contributed by atoms with E-state index in [-0.39, 0.29) is 12.5 Å². The molecule has 1 N–H and O–H groups in total. The van der Waals surface area contributed by atoms with Crippen LogP contribution in [-0.2, 0) is 23.1 Å². The fraction of sp³-hybridized carbons (Fsp3) is 0.714. The van der Waals surface area contributed by atoms with E-state index in [1.807, 2.05) is 18.7 Å². The molecule has 1 aliphatic rings. The van der Waals surface area contributed by atoms with E-state index < -0.39 is 5.97 Å². The highest BCUT2D eigenvalue weighted by Crippen LogP contribution is 2.16. The smallest absolute Gasteiger partial charge is 0.305 e. The summed E-state index contributed by atoms with van der Waals surface area (Å²) in [5.74, 6) is -0.797. The maximum atomic E-state index is 10.4. The molecule has 2 rings (SSSR count). The van der Waals surface area contributed by atoms with Gasteiger partial charge < -0.3 is 9.84 Å². The van der Waals surface area contributed by atoms with Crippen LogP contribution in [0.5, 0.6) is 0 Å². The molecule has 112 valence electrons. The molecule has 0 bridgehead atoms. The summed E-state index contributed by atoms with van der Waals surface area (Å²) < 4.78 is 7.53. The molecule has 0 amide bonds. The summed E-state index contributed by atoms with van der Waals surface area (Å²) >= 11 is 0. The molecule has 0 aliphatic carbocycles. The third kappa shape index (κ3) is 4.31. The zero-order chi connectivity index (χ0) is 14.5. The van der Waals surface area contributed by atoms with Crippen LogP contribution in [0.15, 0.2) is 6.07 Å². The molecular formula is C14H23N3O3. The van der Waals surface area contributed by atoms with E-state index in [9.17, 15) is 4.79 Å². The van der Waals surface area contributed by atoms with Gasteiger partial charge in [-0.05, 0) is 25.8 Å². The van der Waals surface area contributed by atoms with Crippen molar-refractivity contribution in [2.45, 2.75) is 38.8 Å². The molecular weight excluding hydrogens is 258 g/mol. The van der Waals surface area contributed by atoms with Gasteiger partial charge in [-0.2, -0.15) is 5.10 Å². The highest BCUT2D eigenvalue weighted by atomic mass is 16.5. The Morgan fingerprint density at radius 2 is 2.20 bits per heavy atom. The number of carboxylic acids is 1. The van der Waals surface area contributed by atoms with Gasteiger partial charge in [0.05, 0.1) is 30.5 Å². The number of carboxylic acid groups (broad SMARTS) is 1. The van der Waals surface area contributed by atoms with Crippen molar-refractivity contribution in [1.29, 1.82) is 0 Å². The molecule has 0 atom stereocenters. The maximum Gasteiger partial charge on any atom is 0.305 e. The van der Waals surface area contributed by atoms with Crippen LogP contribution in [0.1, 0.15) is 30.7 Å². The second-order valence-electron chi connectivity index (χ2n) is 5.39. The first kappa shape index (κ1) is 15.0. The summed E-state index contributed by atoms with van der Waals surface area (Å²) in [5, 5.41) is 12.9. The average molecular weight is 281 g/mol. The molecule has 0 unspecified atom stereocenters. The minimum absolute atomic E-state index is 0.0918. The van der Waals surface area contributed by atoms with Crippen molar-refractivity contribution in [3.05, 3.63) is 17.5 Å². The van der Waals surface area contributed by atoms with E-state index >= 15 is 0 Å². The van der Waals surface area contributed by atoms with Crippen molar-refractivity contribution < 1.29 is 14.6 Å². The number of hydrogen-bond donors (Lipinski definition) is 1. The number of nitrogens with zero attached hydrogens (tertiary/aromatic N) is 3. The molecule has 0 spiro atoms. The Balaban J connectivity index is 1.71. The number of rotatable bonds is 6. The minimum atomic E-state index is -0.797. The Kier molecular flexibility index (Phi) is 5.14. The first-order valence-electron chi connectivity index (χ1n) is 7.10. The van der Waals surface area contributed by atoms with E-state index in [4.69, 9.17) is 9.84 Å². The van der Waals surface area contributed by atoms with Crippen LogP contribution in [0.2, 0.25) is 0 Å². The normalized spacial score (nSPS) is 17.5. The van der Waals surface area contributed by atoms with Gasteiger partial charge in [0.15, 0.2) is 0 Å². The first-order valence-corrected chi connectivity index (χ1v) is 7.10. The molecule has 6 nitrogen and oxygen atoms in total. The summed E-state index contributed by atoms with van der Waals surface area (Å²) in [6.07, 6.45) is 2.24. The van der Waals surface area contributed by atoms with Gasteiger partial charge in [-0.25, -0.2) is 0 Å². The number of piperidine rings is 1. The number of likely N-dealkylation sites (tertiary alicyclic amines) is 1. The van der Waals surface area contributed by atoms with Gasteiger partial charge in [-0.1, -0.05) is 0 Å². The Labute approximate surface area is 119 Å². The van der Waals surface area contributed by atoms with Crippen molar-refractivity contribution in [3.8, 4) is 0 Å². The third-order valence-corrected chi connectivity index (χ3v) is 3.69. The van der Waals surface area contributed by atoms with Crippen molar-refractivity contribution in [1.82, 2.24) is 14.7 Å². The van der Waals surface area contributed by atoms with Crippen molar-refractivity contribution >= 4 is 5.97 Å². The molecule has 0 aromatic carbocycles. The fourth-order valence-electron chi connectivity index (χ4n) is 2.59. The van der Waals surface area contributed by atoms with Crippen LogP contribution in [-0.4, -0.2) is 51.6 Å². The van der Waals surface area contributed by atoms with E-state index in [2.05, 4.69) is 16.1 Å². The summed E-state index contributed by atoms with van der Waals surface area (Å²) in [7, 11) is 1.98. The topological polar surface area (TPSA) is 67.6 Å². The molecule has 0 saturated carbocycles. The van der Waals surface area contributed by atoms with Gasteiger partial charge in [0.2, 0.25) is 0 Å². The molecule has 1 aromatic rings. The Morgan fingerprint density at radius 1 is 1.50 bits per heavy atom. The Bertz CT molecular complexity index is 451. The lowest BCUT2D eigenvalue weighted by atomic mass is 10.1. The van der Waals surface area contributed by atoms with Gasteiger partial charge in [0.1, 0.15) is 0 Å². The lowest BCUT2D eigenvalue weighted by Crippen LogP contribution is -2.37. The van der Waals surface area contributed by atoms with E-state index in [1.165, 1.54) is 5.69 Å². The molecule has 20 heavy (non-hydrogen) atoms. The standard InChI is InChI=1S/C14H23N3O3/c1-11-9-12(16(2)15-11)10-17-6-3-13(4-7-17)20-8-5-14(18)19/h9,13H,3-8,10H2,1-2H3,(H,18,19). The first-order chi connectivity index (χ1) is 9.54. The van der Waals surface area contributed by atoms with E-state index in [1.54, 1.807) is 0 Å². The summed E-state index contributed by atoms with van der Waals surface area (Å²) in [6.45, 7) is 5.22. The summed E-state index contributed by atoms with van der Waals surface area (Å²) in [4.78, 5) is 12.8. The van der Waals surface area contributed by atoms with Crippen LogP contribution in [0.3, 0.4) is 0 Å². The van der Waals surface area contributed by atoms with Crippen molar-refractivity contribution in [2.24, 2.45) is 7.05 Å². The minimum Gasteiger partial charge on any atom is -0.481 e. The second kappa shape index (κ2) is 6.85. The van der Waals surface area contributed by atoms with Gasteiger partial charge in [0.25, 0.3) is 0 Å². The largest absolute Gasteiger partial charge is 0.481 e. The number of ether oxygens (including phenoxy) is 1. The maximum absolute atomic E-state index is 10.4. The summed E-state index contributed by atoms with van der Waals surface area (Å²) in [6, 6.07) is 2.12. The Hall–Kier alpha value is -1.40. The predicted octanol–water partition coefficient (Wildman–Crippen LogP) is 1.18. The zero-order valence-corrected chi connectivity index (χ0v) is 12.2. The van der Waals surface area contributed by atoms with Gasteiger partial charge >= 0.3 is 5.97 Å². The molecule has 0 radical (unpaired) electrons. The highest BCUT2D eigenvalue weighted by Gasteiger charge is 2.20. The third-order valence-electron chi connectivity index (χ3n) is 3.69. The molecule has 2 heterocycles. The van der Waals surface area contributed by atoms with Gasteiger partial charge in [0, 0.05) is 26.7 Å². The molecule has 6 heteroatoms. The van der Waals surface area contributed by atoms with Crippen molar-refractivity contribution in [3.63, 3.8) is 0 Å². The predicted molar refractivity (Wildman–Crippen MR) is 74.4 cm³/mol. The van der Waals surface area contributed by atoms with Crippen LogP contribution >= 0.6 is 0 Å². The van der Waals surface area contributed by atoms with Crippen LogP contribution in [0.25, 0.3) is 0 Å². The second-order valence-corrected chi connectivity index (χ2v) is 5.39. The molecule has 1 fully saturated rings. The van der Waals surface area contributed by atoms with Gasteiger partial charge in [-0.3, -0.25) is 14.4 Å². The monoisotopic (exact) mass is 281 g/mol. The average Bonchev–Trinajstić information content (AvgIpc) is 2.69. The van der Waals surface area contributed by atoms with E-state index in [0.29, 0.717) is 6.61 Å². The SMILES string of the molecule is Cc1cc(CN2CCC(OCCC(=O)O)CC2)n(C)n1. The number of hydrogen-bond acceptors (Lipinski definition) is 4. The quantitative estimate of drug-likeness (QED) is 0.848. The van der Waals surface area contributed by atoms with Crippen LogP contribution in [0.4, 0.5) is 0 Å². The fourth-order valence-corrected chi connectivity index (χ4v) is 2.59. The molecule has 1 aromatic heterocycles. The van der Waals surface area contributed by atoms with E-state index in [0.717, 1.165) is 38.2 Å². The van der Waals surface area contributed by atoms with Gasteiger partial charge in [-0.15, -0.1) is 0 Å². The number of aromatic nitrogens is 2. The number of carbonyl (C=O) groups is 1.